The molecule has 38 heavy (non-hydrogen) atoms. The standard InChI is InChI=1S/C36H40N2/c1-6-35(38-36(32-20-14-9-15-21-32)37-29(5)31-18-12-8-13-19-31)34-25-33(23-22-26(34)2)28(4)24-27(3)30-16-10-7-11-17-30/h7-25,27,35-38H,5-6H2,1-4H3/b28-24+. The Hall–Kier alpha value is -3.88. The number of hydrogen-bond acceptors (Lipinski definition) is 2. The van der Waals surface area contributed by atoms with E-state index in [0.717, 1.165) is 17.7 Å². The van der Waals surface area contributed by atoms with Crippen LogP contribution in [0.5, 0.6) is 0 Å². The number of hydrogen-bond donors (Lipinski definition) is 2. The van der Waals surface area contributed by atoms with E-state index in [1.54, 1.807) is 0 Å². The fourth-order valence-electron chi connectivity index (χ4n) is 4.98. The summed E-state index contributed by atoms with van der Waals surface area (Å²) < 4.78 is 0. The number of nitrogens with one attached hydrogen (secondary N) is 2. The molecule has 2 N–H and O–H groups in total. The van der Waals surface area contributed by atoms with Crippen molar-refractivity contribution in [2.24, 2.45) is 0 Å². The lowest BCUT2D eigenvalue weighted by Gasteiger charge is -2.29. The fourth-order valence-corrected chi connectivity index (χ4v) is 4.98. The summed E-state index contributed by atoms with van der Waals surface area (Å²) in [5.41, 5.74) is 9.71. The minimum atomic E-state index is -0.0772. The van der Waals surface area contributed by atoms with Crippen molar-refractivity contribution >= 4 is 11.3 Å². The lowest BCUT2D eigenvalue weighted by atomic mass is 9.92. The van der Waals surface area contributed by atoms with E-state index >= 15 is 0 Å². The van der Waals surface area contributed by atoms with E-state index in [2.05, 4.69) is 142 Å². The molecule has 194 valence electrons. The summed E-state index contributed by atoms with van der Waals surface area (Å²) in [7, 11) is 0. The smallest absolute Gasteiger partial charge is 0.104 e. The second kappa shape index (κ2) is 13.1. The zero-order valence-electron chi connectivity index (χ0n) is 23.1. The van der Waals surface area contributed by atoms with Gasteiger partial charge in [-0.15, -0.1) is 0 Å². The van der Waals surface area contributed by atoms with Gasteiger partial charge in [0.05, 0.1) is 0 Å². The largest absolute Gasteiger partial charge is 0.366 e. The van der Waals surface area contributed by atoms with Crippen LogP contribution in [0.25, 0.3) is 11.3 Å². The molecule has 4 aromatic carbocycles. The molecule has 0 heterocycles. The van der Waals surface area contributed by atoms with Crippen LogP contribution in [-0.4, -0.2) is 0 Å². The molecule has 0 spiro atoms. The second-order valence-electron chi connectivity index (χ2n) is 10.1. The van der Waals surface area contributed by atoms with Crippen LogP contribution in [0.4, 0.5) is 0 Å². The van der Waals surface area contributed by atoms with E-state index in [-0.39, 0.29) is 12.2 Å². The normalized spacial score (nSPS) is 13.9. The van der Waals surface area contributed by atoms with Crippen LogP contribution in [0.1, 0.15) is 78.7 Å². The van der Waals surface area contributed by atoms with Crippen molar-refractivity contribution in [2.75, 3.05) is 0 Å². The van der Waals surface area contributed by atoms with Crippen LogP contribution >= 0.6 is 0 Å². The topological polar surface area (TPSA) is 24.1 Å². The molecule has 0 bridgehead atoms. The first kappa shape index (κ1) is 27.2. The molecule has 4 aromatic rings. The summed E-state index contributed by atoms with van der Waals surface area (Å²) in [4.78, 5) is 0. The maximum atomic E-state index is 4.34. The molecular formula is C36H40N2. The van der Waals surface area contributed by atoms with Crippen molar-refractivity contribution in [2.45, 2.75) is 52.2 Å². The molecule has 2 heteroatoms. The summed E-state index contributed by atoms with van der Waals surface area (Å²) in [5, 5.41) is 7.59. The Morgan fingerprint density at radius 2 is 1.37 bits per heavy atom. The van der Waals surface area contributed by atoms with Crippen LogP contribution in [0.3, 0.4) is 0 Å². The molecule has 4 rings (SSSR count). The predicted octanol–water partition coefficient (Wildman–Crippen LogP) is 9.20. The Morgan fingerprint density at radius 3 is 1.97 bits per heavy atom. The molecule has 0 radical (unpaired) electrons. The summed E-state index contributed by atoms with van der Waals surface area (Å²) in [5.74, 6) is 0.358. The molecule has 0 fully saturated rings. The van der Waals surface area contributed by atoms with Crippen LogP contribution < -0.4 is 10.6 Å². The highest BCUT2D eigenvalue weighted by molar-refractivity contribution is 5.66. The van der Waals surface area contributed by atoms with Gasteiger partial charge in [-0.2, -0.15) is 0 Å². The number of allylic oxidation sites excluding steroid dienone is 2. The van der Waals surface area contributed by atoms with Gasteiger partial charge in [0.2, 0.25) is 0 Å². The molecule has 0 aliphatic carbocycles. The SMILES string of the molecule is C=C(NC(NC(CC)c1cc(/C(C)=C/C(C)c2ccccc2)ccc1C)c1ccccc1)c1ccccc1. The van der Waals surface area contributed by atoms with Gasteiger partial charge in [0, 0.05) is 11.7 Å². The Labute approximate surface area is 229 Å². The Morgan fingerprint density at radius 1 is 0.789 bits per heavy atom. The van der Waals surface area contributed by atoms with Gasteiger partial charge in [-0.25, -0.2) is 0 Å². The van der Waals surface area contributed by atoms with E-state index in [0.29, 0.717) is 5.92 Å². The van der Waals surface area contributed by atoms with Crippen LogP contribution in [-0.2, 0) is 0 Å². The number of aryl methyl sites for hydroxylation is 1. The summed E-state index contributed by atoms with van der Waals surface area (Å²) in [6.45, 7) is 13.3. The van der Waals surface area contributed by atoms with E-state index in [1.165, 1.54) is 33.4 Å². The first-order chi connectivity index (χ1) is 18.5. The molecule has 3 unspecified atom stereocenters. The highest BCUT2D eigenvalue weighted by Crippen LogP contribution is 2.29. The van der Waals surface area contributed by atoms with E-state index in [4.69, 9.17) is 0 Å². The first-order valence-corrected chi connectivity index (χ1v) is 13.6. The van der Waals surface area contributed by atoms with Gasteiger partial charge in [-0.1, -0.05) is 130 Å². The van der Waals surface area contributed by atoms with Gasteiger partial charge in [0.1, 0.15) is 6.17 Å². The highest BCUT2D eigenvalue weighted by Gasteiger charge is 2.20. The van der Waals surface area contributed by atoms with E-state index < -0.39 is 0 Å². The molecule has 2 nitrogen and oxygen atoms in total. The molecule has 0 saturated heterocycles. The quantitative estimate of drug-likeness (QED) is 0.201. The molecule has 0 amide bonds. The third-order valence-corrected chi connectivity index (χ3v) is 7.29. The lowest BCUT2D eigenvalue weighted by Crippen LogP contribution is -2.36. The van der Waals surface area contributed by atoms with E-state index in [9.17, 15) is 0 Å². The van der Waals surface area contributed by atoms with Crippen LogP contribution in [0, 0.1) is 6.92 Å². The molecule has 3 atom stereocenters. The summed E-state index contributed by atoms with van der Waals surface area (Å²) in [6.07, 6.45) is 3.26. The van der Waals surface area contributed by atoms with Gasteiger partial charge in [-0.05, 0) is 71.2 Å². The van der Waals surface area contributed by atoms with Crippen molar-refractivity contribution in [1.29, 1.82) is 0 Å². The van der Waals surface area contributed by atoms with Gasteiger partial charge in [0.25, 0.3) is 0 Å². The van der Waals surface area contributed by atoms with Crippen LogP contribution in [0.2, 0.25) is 0 Å². The van der Waals surface area contributed by atoms with E-state index in [1.807, 2.05) is 18.2 Å². The zero-order chi connectivity index (χ0) is 26.9. The highest BCUT2D eigenvalue weighted by atomic mass is 15.1. The molecular weight excluding hydrogens is 460 g/mol. The Kier molecular flexibility index (Phi) is 9.35. The van der Waals surface area contributed by atoms with Crippen LogP contribution in [0.15, 0.2) is 122 Å². The maximum absolute atomic E-state index is 4.34. The van der Waals surface area contributed by atoms with Crippen molar-refractivity contribution in [3.05, 3.63) is 155 Å². The second-order valence-corrected chi connectivity index (χ2v) is 10.1. The fraction of sp³-hybridized carbons (Fsp3) is 0.222. The predicted molar refractivity (Wildman–Crippen MR) is 164 cm³/mol. The minimum Gasteiger partial charge on any atom is -0.366 e. The van der Waals surface area contributed by atoms with Crippen molar-refractivity contribution < 1.29 is 0 Å². The third-order valence-electron chi connectivity index (χ3n) is 7.29. The Bertz CT molecular complexity index is 1340. The molecule has 0 aliphatic rings. The molecule has 0 aliphatic heterocycles. The Balaban J connectivity index is 1.60. The average Bonchev–Trinajstić information content (AvgIpc) is 2.97. The average molecular weight is 501 g/mol. The zero-order valence-corrected chi connectivity index (χ0v) is 23.1. The van der Waals surface area contributed by atoms with Gasteiger partial charge >= 0.3 is 0 Å². The minimum absolute atomic E-state index is 0.0772. The van der Waals surface area contributed by atoms with Crippen molar-refractivity contribution in [1.82, 2.24) is 10.6 Å². The number of benzene rings is 4. The summed E-state index contributed by atoms with van der Waals surface area (Å²) in [6, 6.07) is 38.6. The molecule has 0 saturated carbocycles. The maximum Gasteiger partial charge on any atom is 0.104 e. The number of rotatable bonds is 11. The van der Waals surface area contributed by atoms with Gasteiger partial charge in [-0.3, -0.25) is 5.32 Å². The van der Waals surface area contributed by atoms with Crippen molar-refractivity contribution in [3.8, 4) is 0 Å². The third kappa shape index (κ3) is 6.90. The first-order valence-electron chi connectivity index (χ1n) is 13.6. The monoisotopic (exact) mass is 500 g/mol. The molecule has 0 aromatic heterocycles. The van der Waals surface area contributed by atoms with Gasteiger partial charge < -0.3 is 5.32 Å². The summed E-state index contributed by atoms with van der Waals surface area (Å²) >= 11 is 0. The van der Waals surface area contributed by atoms with Gasteiger partial charge in [0.15, 0.2) is 0 Å². The van der Waals surface area contributed by atoms with Crippen molar-refractivity contribution in [3.63, 3.8) is 0 Å². The lowest BCUT2D eigenvalue weighted by molar-refractivity contribution is 0.411.